The standard InChI is InChI=1S/C21H23N3O4S/c25-20-15-24(19-6-2-1-5-18(19)22-20)21(26)12-9-16-7-10-17(11-8-16)29(27,28)23-13-3-4-14-23/h1-2,5-8,10-11H,3-4,9,12-15H2,(H,22,25). The van der Waals surface area contributed by atoms with E-state index in [2.05, 4.69) is 5.32 Å². The number of hydrogen-bond acceptors (Lipinski definition) is 4. The fourth-order valence-corrected chi connectivity index (χ4v) is 5.26. The Hall–Kier alpha value is -2.71. The summed E-state index contributed by atoms with van der Waals surface area (Å²) in [6.45, 7) is 1.15. The second-order valence-electron chi connectivity index (χ2n) is 7.30. The van der Waals surface area contributed by atoms with Crippen LogP contribution in [0.15, 0.2) is 53.4 Å². The fourth-order valence-electron chi connectivity index (χ4n) is 3.75. The topological polar surface area (TPSA) is 86.8 Å². The smallest absolute Gasteiger partial charge is 0.244 e. The number of rotatable bonds is 5. The van der Waals surface area contributed by atoms with Gasteiger partial charge in [0.2, 0.25) is 21.8 Å². The summed E-state index contributed by atoms with van der Waals surface area (Å²) in [4.78, 5) is 26.4. The van der Waals surface area contributed by atoms with Crippen LogP contribution in [0.4, 0.5) is 11.4 Å². The molecule has 7 nitrogen and oxygen atoms in total. The minimum absolute atomic E-state index is 0.00284. The van der Waals surface area contributed by atoms with Crippen molar-refractivity contribution < 1.29 is 18.0 Å². The van der Waals surface area contributed by atoms with Gasteiger partial charge in [0.15, 0.2) is 0 Å². The van der Waals surface area contributed by atoms with Gasteiger partial charge in [0.05, 0.1) is 16.3 Å². The number of sulfonamides is 1. The number of anilines is 2. The van der Waals surface area contributed by atoms with Gasteiger partial charge in [-0.2, -0.15) is 4.31 Å². The van der Waals surface area contributed by atoms with E-state index < -0.39 is 10.0 Å². The Morgan fingerprint density at radius 3 is 2.41 bits per heavy atom. The molecule has 1 saturated heterocycles. The van der Waals surface area contributed by atoms with Crippen molar-refractivity contribution in [2.24, 2.45) is 0 Å². The highest BCUT2D eigenvalue weighted by molar-refractivity contribution is 7.89. The van der Waals surface area contributed by atoms with E-state index in [0.717, 1.165) is 18.4 Å². The number of fused-ring (bicyclic) bond motifs is 1. The molecule has 152 valence electrons. The third-order valence-corrected chi connectivity index (χ3v) is 7.24. The van der Waals surface area contributed by atoms with E-state index in [4.69, 9.17) is 0 Å². The summed E-state index contributed by atoms with van der Waals surface area (Å²) in [6.07, 6.45) is 2.51. The molecule has 0 radical (unpaired) electrons. The van der Waals surface area contributed by atoms with Crippen molar-refractivity contribution in [3.05, 3.63) is 54.1 Å². The highest BCUT2D eigenvalue weighted by atomic mass is 32.2. The molecular weight excluding hydrogens is 390 g/mol. The molecular formula is C21H23N3O4S. The lowest BCUT2D eigenvalue weighted by molar-refractivity contribution is -0.121. The van der Waals surface area contributed by atoms with E-state index in [9.17, 15) is 18.0 Å². The van der Waals surface area contributed by atoms with Crippen LogP contribution in [0.25, 0.3) is 0 Å². The van der Waals surface area contributed by atoms with Crippen LogP contribution in [0, 0.1) is 0 Å². The van der Waals surface area contributed by atoms with Crippen LogP contribution in [0.2, 0.25) is 0 Å². The van der Waals surface area contributed by atoms with Gasteiger partial charge >= 0.3 is 0 Å². The minimum atomic E-state index is -3.43. The van der Waals surface area contributed by atoms with E-state index in [1.54, 1.807) is 30.3 Å². The van der Waals surface area contributed by atoms with Gasteiger partial charge in [-0.15, -0.1) is 0 Å². The first-order chi connectivity index (χ1) is 13.9. The monoisotopic (exact) mass is 413 g/mol. The molecule has 0 unspecified atom stereocenters. The highest BCUT2D eigenvalue weighted by Crippen LogP contribution is 2.29. The number of amides is 2. The summed E-state index contributed by atoms with van der Waals surface area (Å²) in [7, 11) is -3.43. The Kier molecular flexibility index (Phi) is 5.38. The summed E-state index contributed by atoms with van der Waals surface area (Å²) in [5, 5.41) is 2.77. The third kappa shape index (κ3) is 4.04. The number of nitrogens with one attached hydrogen (secondary N) is 1. The third-order valence-electron chi connectivity index (χ3n) is 5.33. The first-order valence-corrected chi connectivity index (χ1v) is 11.2. The molecule has 0 spiro atoms. The van der Waals surface area contributed by atoms with Crippen molar-refractivity contribution >= 4 is 33.2 Å². The SMILES string of the molecule is O=C1CN(C(=O)CCc2ccc(S(=O)(=O)N3CCCC3)cc2)c2ccccc2N1. The molecule has 2 amide bonds. The second-order valence-corrected chi connectivity index (χ2v) is 9.24. The molecule has 2 aliphatic heterocycles. The number of carbonyl (C=O) groups is 2. The quantitative estimate of drug-likeness (QED) is 0.815. The average molecular weight is 413 g/mol. The molecule has 8 heteroatoms. The van der Waals surface area contributed by atoms with E-state index in [1.807, 2.05) is 18.2 Å². The Morgan fingerprint density at radius 2 is 1.69 bits per heavy atom. The molecule has 0 atom stereocenters. The number of benzene rings is 2. The van der Waals surface area contributed by atoms with Crippen LogP contribution >= 0.6 is 0 Å². The van der Waals surface area contributed by atoms with Crippen molar-refractivity contribution in [3.8, 4) is 0 Å². The summed E-state index contributed by atoms with van der Waals surface area (Å²) in [5.41, 5.74) is 2.21. The average Bonchev–Trinajstić information content (AvgIpc) is 3.27. The second kappa shape index (κ2) is 7.96. The van der Waals surface area contributed by atoms with Gasteiger partial charge in [-0.25, -0.2) is 8.42 Å². The molecule has 2 aliphatic rings. The minimum Gasteiger partial charge on any atom is -0.323 e. The normalized spacial score (nSPS) is 17.1. The Labute approximate surface area is 170 Å². The van der Waals surface area contributed by atoms with Crippen LogP contribution in [0.5, 0.6) is 0 Å². The van der Waals surface area contributed by atoms with E-state index in [1.165, 1.54) is 9.21 Å². The van der Waals surface area contributed by atoms with Gasteiger partial charge < -0.3 is 10.2 Å². The number of carbonyl (C=O) groups excluding carboxylic acids is 2. The molecule has 2 aromatic carbocycles. The van der Waals surface area contributed by atoms with Gasteiger partial charge in [0.1, 0.15) is 6.54 Å². The van der Waals surface area contributed by atoms with Gasteiger partial charge in [-0.1, -0.05) is 24.3 Å². The number of hydrogen-bond donors (Lipinski definition) is 1. The van der Waals surface area contributed by atoms with Gasteiger partial charge in [-0.3, -0.25) is 9.59 Å². The fraction of sp³-hybridized carbons (Fsp3) is 0.333. The summed E-state index contributed by atoms with van der Waals surface area (Å²) in [6, 6.07) is 14.0. The summed E-state index contributed by atoms with van der Waals surface area (Å²) < 4.78 is 26.7. The van der Waals surface area contributed by atoms with Crippen LogP contribution in [0.1, 0.15) is 24.8 Å². The van der Waals surface area contributed by atoms with Crippen LogP contribution in [-0.4, -0.2) is 44.2 Å². The zero-order valence-corrected chi connectivity index (χ0v) is 16.8. The van der Waals surface area contributed by atoms with E-state index in [-0.39, 0.29) is 29.7 Å². The van der Waals surface area contributed by atoms with Crippen molar-refractivity contribution in [3.63, 3.8) is 0 Å². The zero-order valence-electron chi connectivity index (χ0n) is 16.0. The Morgan fingerprint density at radius 1 is 1.00 bits per heavy atom. The van der Waals surface area contributed by atoms with Gasteiger partial charge in [0.25, 0.3) is 0 Å². The number of nitrogens with zero attached hydrogens (tertiary/aromatic N) is 2. The molecule has 29 heavy (non-hydrogen) atoms. The maximum atomic E-state index is 12.7. The highest BCUT2D eigenvalue weighted by Gasteiger charge is 2.28. The zero-order chi connectivity index (χ0) is 20.4. The first kappa shape index (κ1) is 19.6. The predicted octanol–water partition coefficient (Wildman–Crippen LogP) is 2.39. The lowest BCUT2D eigenvalue weighted by Gasteiger charge is -2.29. The largest absolute Gasteiger partial charge is 0.323 e. The van der Waals surface area contributed by atoms with Crippen LogP contribution in [0.3, 0.4) is 0 Å². The summed E-state index contributed by atoms with van der Waals surface area (Å²) in [5.74, 6) is -0.352. The van der Waals surface area contributed by atoms with Crippen molar-refractivity contribution in [1.29, 1.82) is 0 Å². The maximum absolute atomic E-state index is 12.7. The van der Waals surface area contributed by atoms with Gasteiger partial charge in [-0.05, 0) is 49.1 Å². The molecule has 1 N–H and O–H groups in total. The Bertz CT molecular complexity index is 1030. The lowest BCUT2D eigenvalue weighted by Crippen LogP contribution is -2.42. The van der Waals surface area contributed by atoms with Crippen molar-refractivity contribution in [2.45, 2.75) is 30.6 Å². The molecule has 0 aromatic heterocycles. The van der Waals surface area contributed by atoms with Crippen LogP contribution in [-0.2, 0) is 26.0 Å². The molecule has 2 heterocycles. The van der Waals surface area contributed by atoms with Gasteiger partial charge in [0, 0.05) is 19.5 Å². The molecule has 0 bridgehead atoms. The van der Waals surface area contributed by atoms with E-state index >= 15 is 0 Å². The van der Waals surface area contributed by atoms with E-state index in [0.29, 0.717) is 30.9 Å². The lowest BCUT2D eigenvalue weighted by atomic mass is 10.1. The number of para-hydroxylation sites is 2. The first-order valence-electron chi connectivity index (χ1n) is 9.73. The Balaban J connectivity index is 1.42. The predicted molar refractivity (Wildman–Crippen MR) is 110 cm³/mol. The molecule has 2 aromatic rings. The summed E-state index contributed by atoms with van der Waals surface area (Å²) >= 11 is 0. The molecule has 4 rings (SSSR count). The molecule has 0 saturated carbocycles. The van der Waals surface area contributed by atoms with Crippen LogP contribution < -0.4 is 10.2 Å². The van der Waals surface area contributed by atoms with Crippen molar-refractivity contribution in [1.82, 2.24) is 4.31 Å². The molecule has 0 aliphatic carbocycles. The molecule has 1 fully saturated rings. The number of aryl methyl sites for hydroxylation is 1. The maximum Gasteiger partial charge on any atom is 0.244 e. The van der Waals surface area contributed by atoms with Crippen molar-refractivity contribution in [2.75, 3.05) is 29.9 Å².